The average Bonchev–Trinajstić information content (AvgIpc) is 2.01. The maximum Gasteiger partial charge on any atom is 0.161 e. The molecule has 0 atom stereocenters. The van der Waals surface area contributed by atoms with Crippen LogP contribution < -0.4 is 0 Å². The molecule has 0 heterocycles. The summed E-state index contributed by atoms with van der Waals surface area (Å²) in [5.41, 5.74) is 0.101. The first-order chi connectivity index (χ1) is 5.65. The lowest BCUT2D eigenvalue weighted by atomic mass is 10.1. The van der Waals surface area contributed by atoms with Gasteiger partial charge in [-0.1, -0.05) is 0 Å². The molecule has 0 saturated carbocycles. The molecule has 0 aromatic heterocycles. The second kappa shape index (κ2) is 3.81. The Labute approximate surface area is 73.0 Å². The molecular formula is C8H6ClF3. The lowest BCUT2D eigenvalue weighted by Gasteiger charge is -2.00. The molecule has 0 saturated heterocycles. The first-order valence-electron chi connectivity index (χ1n) is 3.34. The van der Waals surface area contributed by atoms with Gasteiger partial charge in [-0.2, -0.15) is 0 Å². The molecule has 0 amide bonds. The topological polar surface area (TPSA) is 0 Å². The molecule has 0 aliphatic carbocycles. The van der Waals surface area contributed by atoms with E-state index in [-0.39, 0.29) is 17.9 Å². The van der Waals surface area contributed by atoms with Crippen molar-refractivity contribution in [3.63, 3.8) is 0 Å². The number of halogens is 4. The normalized spacial score (nSPS) is 10.3. The van der Waals surface area contributed by atoms with Crippen molar-refractivity contribution in [3.05, 3.63) is 35.1 Å². The molecule has 0 spiro atoms. The van der Waals surface area contributed by atoms with Crippen LogP contribution in [-0.4, -0.2) is 5.88 Å². The van der Waals surface area contributed by atoms with Crippen molar-refractivity contribution in [3.8, 4) is 0 Å². The molecule has 0 radical (unpaired) electrons. The quantitative estimate of drug-likeness (QED) is 0.502. The maximum absolute atomic E-state index is 12.8. The third-order valence-corrected chi connectivity index (χ3v) is 1.64. The van der Waals surface area contributed by atoms with Crippen molar-refractivity contribution in [1.29, 1.82) is 0 Å². The predicted molar refractivity (Wildman–Crippen MR) is 40.7 cm³/mol. The summed E-state index contributed by atoms with van der Waals surface area (Å²) in [4.78, 5) is 0. The molecule has 0 aliphatic heterocycles. The van der Waals surface area contributed by atoms with E-state index >= 15 is 0 Å². The molecular weight excluding hydrogens is 189 g/mol. The van der Waals surface area contributed by atoms with E-state index in [2.05, 4.69) is 0 Å². The van der Waals surface area contributed by atoms with Crippen molar-refractivity contribution < 1.29 is 13.2 Å². The van der Waals surface area contributed by atoms with E-state index in [1.165, 1.54) is 0 Å². The Morgan fingerprint density at radius 2 is 1.58 bits per heavy atom. The molecule has 66 valence electrons. The Bertz CT molecular complexity index is 286. The van der Waals surface area contributed by atoms with Gasteiger partial charge in [0.05, 0.1) is 0 Å². The van der Waals surface area contributed by atoms with Gasteiger partial charge in [-0.25, -0.2) is 13.2 Å². The van der Waals surface area contributed by atoms with Gasteiger partial charge in [0.1, 0.15) is 5.82 Å². The van der Waals surface area contributed by atoms with Gasteiger partial charge in [0, 0.05) is 11.9 Å². The molecule has 0 fully saturated rings. The van der Waals surface area contributed by atoms with E-state index in [1.807, 2.05) is 0 Å². The first kappa shape index (κ1) is 9.39. The van der Waals surface area contributed by atoms with Crippen LogP contribution in [0, 0.1) is 17.5 Å². The molecule has 12 heavy (non-hydrogen) atoms. The molecule has 1 aromatic rings. The van der Waals surface area contributed by atoms with Gasteiger partial charge in [-0.15, -0.1) is 11.6 Å². The van der Waals surface area contributed by atoms with E-state index in [9.17, 15) is 13.2 Å². The number of rotatable bonds is 2. The smallest absolute Gasteiger partial charge is 0.161 e. The summed E-state index contributed by atoms with van der Waals surface area (Å²) in [6, 6.07) is 1.35. The van der Waals surface area contributed by atoms with Gasteiger partial charge < -0.3 is 0 Å². The molecule has 1 aromatic carbocycles. The number of benzene rings is 1. The van der Waals surface area contributed by atoms with Crippen molar-refractivity contribution in [1.82, 2.24) is 0 Å². The van der Waals surface area contributed by atoms with Crippen molar-refractivity contribution in [2.75, 3.05) is 5.88 Å². The summed E-state index contributed by atoms with van der Waals surface area (Å²) in [6.07, 6.45) is 0.199. The predicted octanol–water partition coefficient (Wildman–Crippen LogP) is 2.89. The monoisotopic (exact) mass is 194 g/mol. The number of aryl methyl sites for hydroxylation is 1. The Hall–Kier alpha value is -0.700. The Morgan fingerprint density at radius 1 is 1.00 bits per heavy atom. The van der Waals surface area contributed by atoms with Crippen LogP contribution in [-0.2, 0) is 6.42 Å². The average molecular weight is 195 g/mol. The van der Waals surface area contributed by atoms with Crippen LogP contribution in [0.2, 0.25) is 0 Å². The van der Waals surface area contributed by atoms with Gasteiger partial charge in [-0.05, 0) is 18.1 Å². The first-order valence-corrected chi connectivity index (χ1v) is 3.88. The Morgan fingerprint density at radius 3 is 2.17 bits per heavy atom. The zero-order valence-electron chi connectivity index (χ0n) is 6.08. The summed E-state index contributed by atoms with van der Waals surface area (Å²) >= 11 is 5.32. The molecule has 0 nitrogen and oxygen atoms in total. The maximum atomic E-state index is 12.8. The second-order valence-corrected chi connectivity index (χ2v) is 2.67. The van der Waals surface area contributed by atoms with E-state index in [0.717, 1.165) is 6.07 Å². The number of hydrogen-bond donors (Lipinski definition) is 0. The van der Waals surface area contributed by atoms with Gasteiger partial charge in [0.15, 0.2) is 11.6 Å². The standard InChI is InChI=1S/C8H6ClF3/c9-2-1-5-3-7(11)8(12)4-6(5)10/h3-4H,1-2H2. The number of alkyl halides is 1. The summed E-state index contributed by atoms with van der Waals surface area (Å²) < 4.78 is 37.6. The molecule has 4 heteroatoms. The van der Waals surface area contributed by atoms with E-state index < -0.39 is 17.5 Å². The van der Waals surface area contributed by atoms with Crippen LogP contribution in [0.1, 0.15) is 5.56 Å². The van der Waals surface area contributed by atoms with Crippen LogP contribution in [0.15, 0.2) is 12.1 Å². The molecule has 0 unspecified atom stereocenters. The molecule has 0 bridgehead atoms. The largest absolute Gasteiger partial charge is 0.207 e. The lowest BCUT2D eigenvalue weighted by Crippen LogP contribution is -1.96. The highest BCUT2D eigenvalue weighted by atomic mass is 35.5. The van der Waals surface area contributed by atoms with Gasteiger partial charge in [0.2, 0.25) is 0 Å². The number of hydrogen-bond acceptors (Lipinski definition) is 0. The van der Waals surface area contributed by atoms with Crippen LogP contribution >= 0.6 is 11.6 Å². The molecule has 1 rings (SSSR count). The zero-order valence-corrected chi connectivity index (χ0v) is 6.84. The third-order valence-electron chi connectivity index (χ3n) is 1.45. The fraction of sp³-hybridized carbons (Fsp3) is 0.250. The van der Waals surface area contributed by atoms with Gasteiger partial charge >= 0.3 is 0 Å². The second-order valence-electron chi connectivity index (χ2n) is 2.30. The minimum atomic E-state index is -1.18. The minimum Gasteiger partial charge on any atom is -0.207 e. The third kappa shape index (κ3) is 1.91. The van der Waals surface area contributed by atoms with Gasteiger partial charge in [-0.3, -0.25) is 0 Å². The van der Waals surface area contributed by atoms with Gasteiger partial charge in [0.25, 0.3) is 0 Å². The Kier molecular flexibility index (Phi) is 2.98. The fourth-order valence-corrected chi connectivity index (χ4v) is 1.06. The highest BCUT2D eigenvalue weighted by molar-refractivity contribution is 6.17. The summed E-state index contributed by atoms with van der Waals surface area (Å²) in [5.74, 6) is -2.79. The zero-order chi connectivity index (χ0) is 9.14. The van der Waals surface area contributed by atoms with E-state index in [4.69, 9.17) is 11.6 Å². The molecule has 0 aliphatic rings. The lowest BCUT2D eigenvalue weighted by molar-refractivity contribution is 0.490. The fourth-order valence-electron chi connectivity index (χ4n) is 0.857. The van der Waals surface area contributed by atoms with E-state index in [0.29, 0.717) is 6.07 Å². The summed E-state index contributed by atoms with van der Waals surface area (Å²) in [6.45, 7) is 0. The van der Waals surface area contributed by atoms with Crippen molar-refractivity contribution in [2.45, 2.75) is 6.42 Å². The van der Waals surface area contributed by atoms with Crippen molar-refractivity contribution >= 4 is 11.6 Å². The van der Waals surface area contributed by atoms with Crippen LogP contribution in [0.25, 0.3) is 0 Å². The van der Waals surface area contributed by atoms with Crippen LogP contribution in [0.3, 0.4) is 0 Å². The Balaban J connectivity index is 3.05. The highest BCUT2D eigenvalue weighted by Gasteiger charge is 2.08. The van der Waals surface area contributed by atoms with Crippen LogP contribution in [0.5, 0.6) is 0 Å². The SMILES string of the molecule is Fc1cc(F)c(CCCl)cc1F. The summed E-state index contributed by atoms with van der Waals surface area (Å²) in [7, 11) is 0. The highest BCUT2D eigenvalue weighted by Crippen LogP contribution is 2.14. The van der Waals surface area contributed by atoms with Crippen molar-refractivity contribution in [2.24, 2.45) is 0 Å². The molecule has 0 N–H and O–H groups in total. The van der Waals surface area contributed by atoms with E-state index in [1.54, 1.807) is 0 Å². The van der Waals surface area contributed by atoms with Crippen LogP contribution in [0.4, 0.5) is 13.2 Å². The minimum absolute atomic E-state index is 0.101. The summed E-state index contributed by atoms with van der Waals surface area (Å²) in [5, 5.41) is 0.